The molecule has 2 aromatic carbocycles. The minimum absolute atomic E-state index is 0.0204. The molecule has 2 amide bonds. The number of hydrogen-bond donors (Lipinski definition) is 2. The van der Waals surface area contributed by atoms with Crippen molar-refractivity contribution in [3.05, 3.63) is 65.5 Å². The Bertz CT molecular complexity index is 2240. The van der Waals surface area contributed by atoms with Crippen molar-refractivity contribution in [3.63, 3.8) is 0 Å². The van der Waals surface area contributed by atoms with Gasteiger partial charge < -0.3 is 24.6 Å². The number of aliphatic hydroxyl groups is 2. The number of benzene rings is 2. The highest BCUT2D eigenvalue weighted by Crippen LogP contribution is 2.75. The maximum Gasteiger partial charge on any atom is 0.261 e. The fourth-order valence-electron chi connectivity index (χ4n) is 14.2. The summed E-state index contributed by atoms with van der Waals surface area (Å²) in [6, 6.07) is 9.88. The summed E-state index contributed by atoms with van der Waals surface area (Å²) < 4.78 is 15.4. The number of piperidine rings is 1. The molecule has 3 saturated heterocycles. The summed E-state index contributed by atoms with van der Waals surface area (Å²) in [6.45, 7) is 12.5. The molecule has 4 aliphatic heterocycles. The quantitative estimate of drug-likeness (QED) is 0.0830. The van der Waals surface area contributed by atoms with Crippen LogP contribution in [0.25, 0.3) is 10.8 Å². The summed E-state index contributed by atoms with van der Waals surface area (Å²) in [5, 5.41) is 34.1. The first kappa shape index (κ1) is 43.0. The average molecular weight is 862 g/mol. The maximum atomic E-state index is 14.0. The molecule has 7 fully saturated rings. The van der Waals surface area contributed by atoms with Crippen LogP contribution in [-0.2, 0) is 27.2 Å². The van der Waals surface area contributed by atoms with Gasteiger partial charge in [0.25, 0.3) is 11.8 Å². The second-order valence-electron chi connectivity index (χ2n) is 20.9. The third-order valence-electron chi connectivity index (χ3n) is 17.1. The largest absolute Gasteiger partial charge is 0.393 e. The molecule has 4 aliphatic carbocycles. The number of anilines is 1. The first-order valence-corrected chi connectivity index (χ1v) is 24.4. The molecule has 12 nitrogen and oxygen atoms in total. The number of ether oxygens (including phenoxy) is 2. The Morgan fingerprint density at radius 1 is 0.857 bits per heavy atom. The molecule has 63 heavy (non-hydrogen) atoms. The van der Waals surface area contributed by atoms with Crippen molar-refractivity contribution in [2.75, 3.05) is 31.1 Å². The number of fused-ring (bicyclic) bond motifs is 2. The molecule has 338 valence electrons. The molecule has 2 N–H and O–H groups in total. The number of nitrogens with zero attached hydrogens (tertiary/aromatic N) is 5. The van der Waals surface area contributed by atoms with E-state index in [1.165, 1.54) is 24.2 Å². The van der Waals surface area contributed by atoms with Gasteiger partial charge in [0.2, 0.25) is 0 Å². The van der Waals surface area contributed by atoms with E-state index in [-0.39, 0.29) is 28.9 Å². The lowest BCUT2D eigenvalue weighted by Gasteiger charge is -2.72. The molecule has 11 rings (SSSR count). The number of hydrogen-bond acceptors (Lipinski definition) is 10. The van der Waals surface area contributed by atoms with Crippen LogP contribution in [0.4, 0.5) is 5.69 Å². The topological polar surface area (TPSA) is 147 Å². The van der Waals surface area contributed by atoms with Crippen molar-refractivity contribution in [1.82, 2.24) is 19.9 Å². The second kappa shape index (κ2) is 16.8. The summed E-state index contributed by atoms with van der Waals surface area (Å²) >= 11 is 0. The van der Waals surface area contributed by atoms with E-state index < -0.39 is 47.3 Å². The smallest absolute Gasteiger partial charge is 0.261 e. The van der Waals surface area contributed by atoms with Gasteiger partial charge in [0.1, 0.15) is 0 Å². The number of unbranched alkanes of at least 4 members (excludes halogenated alkanes) is 6. The molecule has 3 aromatic rings. The molecule has 1 aromatic heterocycles. The van der Waals surface area contributed by atoms with Crippen LogP contribution < -0.4 is 4.90 Å². The molecular weight excluding hydrogens is 795 g/mol. The predicted molar refractivity (Wildman–Crippen MR) is 239 cm³/mol. The second-order valence-corrected chi connectivity index (χ2v) is 20.9. The van der Waals surface area contributed by atoms with Crippen molar-refractivity contribution < 1.29 is 34.1 Å². The van der Waals surface area contributed by atoms with Gasteiger partial charge in [-0.25, -0.2) is 0 Å². The third kappa shape index (κ3) is 6.85. The fourth-order valence-corrected chi connectivity index (χ4v) is 14.2. The monoisotopic (exact) mass is 862 g/mol. The Morgan fingerprint density at radius 2 is 1.60 bits per heavy atom. The molecule has 12 heteroatoms. The average Bonchev–Trinajstić information content (AvgIpc) is 3.78. The van der Waals surface area contributed by atoms with Gasteiger partial charge in [-0.1, -0.05) is 69.9 Å². The lowest BCUT2D eigenvalue weighted by molar-refractivity contribution is -0.402. The summed E-state index contributed by atoms with van der Waals surface area (Å²) in [5.41, 5.74) is 2.24. The lowest BCUT2D eigenvalue weighted by atomic mass is 9.37. The van der Waals surface area contributed by atoms with Crippen LogP contribution in [0.1, 0.15) is 143 Å². The fraction of sp³-hybridized carbons (Fsp3) is 0.667. The maximum absolute atomic E-state index is 14.0. The minimum atomic E-state index is -1.12. The zero-order valence-electron chi connectivity index (χ0n) is 37.4. The summed E-state index contributed by atoms with van der Waals surface area (Å²) in [6.07, 6.45) is 15.5. The van der Waals surface area contributed by atoms with E-state index in [2.05, 4.69) is 54.0 Å². The Balaban J connectivity index is 0.651. The number of aryl methyl sites for hydroxylation is 2. The van der Waals surface area contributed by atoms with Crippen LogP contribution in [0.2, 0.25) is 0 Å². The summed E-state index contributed by atoms with van der Waals surface area (Å²) in [5.74, 6) is -1.000. The SMILES string of the molecule is C=C1C(=O)[C@]23[C@H](O)[C@H]1C[C@H](O)[C@H]2[C@]12CCCC(C)(C)[C@H]1C[C@H]3O[C@H]2OCCCCCCc1cn(CCCCCCN2C(=O)c3cccc4c(N5CCCCC5)ccc(c34)C2=O)nn1. The molecule has 9 atom stereocenters. The van der Waals surface area contributed by atoms with Crippen LogP contribution in [-0.4, -0.2) is 98.5 Å². The normalized spacial score (nSPS) is 33.0. The number of aliphatic hydroxyl groups excluding tert-OH is 2. The Morgan fingerprint density at radius 3 is 2.41 bits per heavy atom. The first-order chi connectivity index (χ1) is 30.5. The summed E-state index contributed by atoms with van der Waals surface area (Å²) in [4.78, 5) is 45.1. The van der Waals surface area contributed by atoms with E-state index in [9.17, 15) is 24.6 Å². The Labute approximate surface area is 371 Å². The van der Waals surface area contributed by atoms with E-state index in [0.717, 1.165) is 119 Å². The van der Waals surface area contributed by atoms with Crippen LogP contribution >= 0.6 is 0 Å². The van der Waals surface area contributed by atoms with Crippen LogP contribution in [0, 0.1) is 34.0 Å². The Hall–Kier alpha value is -3.97. The molecule has 4 saturated carbocycles. The van der Waals surface area contributed by atoms with Crippen molar-refractivity contribution in [3.8, 4) is 0 Å². The zero-order valence-corrected chi connectivity index (χ0v) is 37.4. The zero-order chi connectivity index (χ0) is 43.7. The number of carbonyl (C=O) groups excluding carboxylic acids is 3. The van der Waals surface area contributed by atoms with Crippen LogP contribution in [0.3, 0.4) is 0 Å². The van der Waals surface area contributed by atoms with Gasteiger partial charge in [0, 0.05) is 83.8 Å². The van der Waals surface area contributed by atoms with E-state index in [4.69, 9.17) is 9.47 Å². The number of ketones is 1. The van der Waals surface area contributed by atoms with E-state index in [1.54, 1.807) is 0 Å². The molecule has 4 bridgehead atoms. The molecular formula is C51H67N5O7. The van der Waals surface area contributed by atoms with E-state index in [0.29, 0.717) is 42.7 Å². The van der Waals surface area contributed by atoms with Crippen molar-refractivity contribution in [2.45, 2.75) is 154 Å². The highest BCUT2D eigenvalue weighted by Gasteiger charge is 2.81. The highest BCUT2D eigenvalue weighted by molar-refractivity contribution is 6.26. The van der Waals surface area contributed by atoms with Crippen molar-refractivity contribution in [1.29, 1.82) is 0 Å². The first-order valence-electron chi connectivity index (χ1n) is 24.4. The number of Topliss-reactive ketones (excluding diaryl/α,β-unsaturated/α-hetero) is 1. The van der Waals surface area contributed by atoms with Gasteiger partial charge in [0.15, 0.2) is 12.1 Å². The minimum Gasteiger partial charge on any atom is -0.393 e. The molecule has 0 radical (unpaired) electrons. The van der Waals surface area contributed by atoms with E-state index >= 15 is 0 Å². The number of aromatic nitrogens is 3. The number of imide groups is 1. The number of amides is 2. The molecule has 8 aliphatic rings. The summed E-state index contributed by atoms with van der Waals surface area (Å²) in [7, 11) is 0. The molecule has 2 spiro atoms. The van der Waals surface area contributed by atoms with Gasteiger partial charge in [-0.05, 0) is 112 Å². The van der Waals surface area contributed by atoms with Crippen molar-refractivity contribution >= 4 is 34.1 Å². The Kier molecular flexibility index (Phi) is 11.4. The number of rotatable bonds is 16. The van der Waals surface area contributed by atoms with Crippen molar-refractivity contribution in [2.24, 2.45) is 34.0 Å². The standard InChI is InChI=1S/C51H67N5O7/c1-32-37-29-39(57)43-50-23-16-22-49(2,3)40(50)30-41(51(43,44(32)58)45(37)59)63-48(50)62-28-14-7-4-9-17-33-31-55(53-52-33)26-12-5-6-13-27-56-46(60)35-19-15-18-34-38(54-24-10-8-11-25-54)21-20-36(42(34)35)47(56)61/h15,18-21,31,37,39-41,43,45,48,57,59H,1,4-14,16-17,22-30H2,2-3H3/t37-,39-,40+,41+,43-,45+,48+,50-,51+/m0/s1. The van der Waals surface area contributed by atoms with Gasteiger partial charge in [-0.2, -0.15) is 0 Å². The van der Waals surface area contributed by atoms with E-state index in [1.807, 2.05) is 22.9 Å². The van der Waals surface area contributed by atoms with Gasteiger partial charge >= 0.3 is 0 Å². The highest BCUT2D eigenvalue weighted by atomic mass is 16.7. The van der Waals surface area contributed by atoms with Crippen LogP contribution in [0.5, 0.6) is 0 Å². The predicted octanol–water partition coefficient (Wildman–Crippen LogP) is 7.82. The lowest BCUT2D eigenvalue weighted by Crippen LogP contribution is -2.78. The third-order valence-corrected chi connectivity index (χ3v) is 17.1. The molecule has 0 unspecified atom stereocenters. The van der Waals surface area contributed by atoms with Gasteiger partial charge in [-0.3, -0.25) is 24.0 Å². The van der Waals surface area contributed by atoms with Gasteiger partial charge in [-0.15, -0.1) is 5.10 Å². The number of carbonyl (C=O) groups is 3. The molecule has 5 heterocycles. The van der Waals surface area contributed by atoms with Crippen LogP contribution in [0.15, 0.2) is 48.7 Å². The van der Waals surface area contributed by atoms with Gasteiger partial charge in [0.05, 0.1) is 29.4 Å².